The van der Waals surface area contributed by atoms with Crippen molar-refractivity contribution in [2.75, 3.05) is 52.4 Å². The maximum Gasteiger partial charge on any atom is 0.243 e. The smallest absolute Gasteiger partial charge is 0.243 e. The fourth-order valence-electron chi connectivity index (χ4n) is 4.03. The molecular weight excluding hydrogens is 529 g/mol. The Balaban J connectivity index is 1.48. The number of nitrogens with one attached hydrogen (secondary N) is 2. The van der Waals surface area contributed by atoms with Crippen LogP contribution in [-0.2, 0) is 19.6 Å². The first-order valence-corrected chi connectivity index (χ1v) is 14.3. The minimum atomic E-state index is -3.78. The second-order valence-corrected chi connectivity index (χ2v) is 11.8. The molecule has 0 saturated carbocycles. The first-order valence-electron chi connectivity index (χ1n) is 12.1. The lowest BCUT2D eigenvalue weighted by atomic mass is 10.1. The lowest BCUT2D eigenvalue weighted by molar-refractivity contribution is -0.121. The minimum Gasteiger partial charge on any atom is -0.487 e. The van der Waals surface area contributed by atoms with Gasteiger partial charge in [-0.25, -0.2) is 8.42 Å². The third-order valence-corrected chi connectivity index (χ3v) is 8.82. The summed E-state index contributed by atoms with van der Waals surface area (Å²) in [6.07, 6.45) is 3.34. The van der Waals surface area contributed by atoms with Crippen molar-refractivity contribution in [3.05, 3.63) is 28.6 Å². The van der Waals surface area contributed by atoms with Gasteiger partial charge in [0.25, 0.3) is 0 Å². The fourth-order valence-corrected chi connectivity index (χ4v) is 6.21. The number of nitrogens with zero attached hydrogens (tertiary/aromatic N) is 2. The number of primary amides is 1. The summed E-state index contributed by atoms with van der Waals surface area (Å²) in [7, 11) is -3.78. The van der Waals surface area contributed by atoms with Crippen molar-refractivity contribution in [1.82, 2.24) is 19.8 Å². The van der Waals surface area contributed by atoms with E-state index in [1.807, 2.05) is 0 Å². The van der Waals surface area contributed by atoms with Gasteiger partial charge in [-0.1, -0.05) is 30.1 Å². The van der Waals surface area contributed by atoms with E-state index < -0.39 is 21.8 Å². The maximum absolute atomic E-state index is 13.2. The highest BCUT2D eigenvalue weighted by atomic mass is 35.5. The van der Waals surface area contributed by atoms with Gasteiger partial charge in [0.1, 0.15) is 6.10 Å². The van der Waals surface area contributed by atoms with E-state index in [1.165, 1.54) is 22.9 Å². The van der Waals surface area contributed by atoms with E-state index in [0.717, 1.165) is 25.9 Å². The van der Waals surface area contributed by atoms with Gasteiger partial charge in [-0.15, -0.1) is 0 Å². The van der Waals surface area contributed by atoms with Crippen LogP contribution in [0.4, 0.5) is 0 Å². The second-order valence-electron chi connectivity index (χ2n) is 9.06. The predicted molar refractivity (Wildman–Crippen MR) is 138 cm³/mol. The standard InChI is InChI=1S/C23H34Cl2N5O5S/c1-16(23(26)32)2-3-21(31)28-8-9-29-10-12-30(13-11-29)36(33,34)18-14-19(24)22(20(25)15-18)35-17-4-6-27-7-5-17/h3,14-17,27H,2,4-13H2,1H3,(H2,26,32)(H,28,31)/t16-/m0/s1. The normalized spacial score (nSPS) is 19.1. The summed E-state index contributed by atoms with van der Waals surface area (Å²) in [6.45, 7) is 6.02. The predicted octanol–water partition coefficient (Wildman–Crippen LogP) is 1.26. The molecule has 2 saturated heterocycles. The van der Waals surface area contributed by atoms with Crippen LogP contribution in [0, 0.1) is 12.3 Å². The molecule has 13 heteroatoms. The van der Waals surface area contributed by atoms with Gasteiger partial charge in [0, 0.05) is 45.2 Å². The number of rotatable bonds is 11. The Morgan fingerprint density at radius 1 is 1.19 bits per heavy atom. The van der Waals surface area contributed by atoms with Crippen molar-refractivity contribution in [3.8, 4) is 5.75 Å². The molecule has 1 radical (unpaired) electrons. The Bertz CT molecular complexity index is 1000. The zero-order valence-electron chi connectivity index (χ0n) is 20.3. The summed E-state index contributed by atoms with van der Waals surface area (Å²) >= 11 is 12.8. The maximum atomic E-state index is 13.2. The third kappa shape index (κ3) is 7.93. The topological polar surface area (TPSA) is 134 Å². The van der Waals surface area contributed by atoms with E-state index in [4.69, 9.17) is 33.7 Å². The minimum absolute atomic E-state index is 0.0156. The Morgan fingerprint density at radius 2 is 1.81 bits per heavy atom. The number of amides is 2. The molecule has 0 aliphatic carbocycles. The van der Waals surface area contributed by atoms with Crippen molar-refractivity contribution in [3.63, 3.8) is 0 Å². The molecule has 36 heavy (non-hydrogen) atoms. The number of hydrogen-bond acceptors (Lipinski definition) is 7. The number of piperidine rings is 1. The Morgan fingerprint density at radius 3 is 2.39 bits per heavy atom. The van der Waals surface area contributed by atoms with Crippen LogP contribution in [0.2, 0.25) is 10.0 Å². The molecule has 1 atom stereocenters. The molecular formula is C23H34Cl2N5O5S. The largest absolute Gasteiger partial charge is 0.487 e. The lowest BCUT2D eigenvalue weighted by Crippen LogP contribution is -2.50. The third-order valence-electron chi connectivity index (χ3n) is 6.38. The highest BCUT2D eigenvalue weighted by molar-refractivity contribution is 7.89. The monoisotopic (exact) mass is 562 g/mol. The van der Waals surface area contributed by atoms with Crippen LogP contribution in [0.3, 0.4) is 0 Å². The van der Waals surface area contributed by atoms with Crippen LogP contribution >= 0.6 is 23.2 Å². The van der Waals surface area contributed by atoms with Gasteiger partial charge >= 0.3 is 0 Å². The molecule has 2 aliphatic rings. The number of nitrogens with two attached hydrogens (primary N) is 1. The van der Waals surface area contributed by atoms with Gasteiger partial charge in [0.05, 0.1) is 21.4 Å². The van der Waals surface area contributed by atoms with E-state index in [9.17, 15) is 18.0 Å². The molecule has 10 nitrogen and oxygen atoms in total. The average molecular weight is 564 g/mol. The molecule has 2 amide bonds. The summed E-state index contributed by atoms with van der Waals surface area (Å²) < 4.78 is 33.8. The lowest BCUT2D eigenvalue weighted by Gasteiger charge is -2.34. The van der Waals surface area contributed by atoms with Crippen LogP contribution in [0.5, 0.6) is 5.75 Å². The van der Waals surface area contributed by atoms with Gasteiger partial charge in [0.15, 0.2) is 5.75 Å². The zero-order chi connectivity index (χ0) is 26.3. The van der Waals surface area contributed by atoms with Crippen LogP contribution in [0.25, 0.3) is 0 Å². The van der Waals surface area contributed by atoms with Gasteiger partial charge in [-0.05, 0) is 44.5 Å². The molecule has 2 heterocycles. The van der Waals surface area contributed by atoms with Crippen molar-refractivity contribution in [2.45, 2.75) is 37.2 Å². The van der Waals surface area contributed by atoms with Gasteiger partial charge in [-0.3, -0.25) is 14.5 Å². The second kappa shape index (κ2) is 13.3. The summed E-state index contributed by atoms with van der Waals surface area (Å²) in [4.78, 5) is 25.0. The summed E-state index contributed by atoms with van der Waals surface area (Å²) in [5, 5.41) is 6.39. The van der Waals surface area contributed by atoms with E-state index in [0.29, 0.717) is 45.0 Å². The quantitative estimate of drug-likeness (QED) is 0.369. The number of hydrogen-bond donors (Lipinski definition) is 3. The molecule has 0 unspecified atom stereocenters. The Hall–Kier alpha value is -1.63. The Labute approximate surface area is 222 Å². The number of benzene rings is 1. The number of sulfonamides is 1. The summed E-state index contributed by atoms with van der Waals surface area (Å²) in [5.74, 6) is -0.783. The van der Waals surface area contributed by atoms with Crippen LogP contribution in [0.15, 0.2) is 17.0 Å². The van der Waals surface area contributed by atoms with E-state index in [-0.39, 0.29) is 33.4 Å². The van der Waals surface area contributed by atoms with Crippen molar-refractivity contribution >= 4 is 45.0 Å². The zero-order valence-corrected chi connectivity index (χ0v) is 22.7. The van der Waals surface area contributed by atoms with Crippen LogP contribution < -0.4 is 21.1 Å². The number of ether oxygens (including phenoxy) is 1. The summed E-state index contributed by atoms with van der Waals surface area (Å²) in [5.41, 5.74) is 5.19. The fraction of sp³-hybridized carbons (Fsp3) is 0.609. The average Bonchev–Trinajstić information content (AvgIpc) is 2.85. The molecule has 4 N–H and O–H groups in total. The molecule has 2 aliphatic heterocycles. The van der Waals surface area contributed by atoms with Gasteiger partial charge in [-0.2, -0.15) is 4.31 Å². The number of piperazine rings is 1. The van der Waals surface area contributed by atoms with E-state index in [2.05, 4.69) is 15.5 Å². The van der Waals surface area contributed by atoms with Gasteiger partial charge < -0.3 is 21.1 Å². The Kier molecular flexibility index (Phi) is 10.6. The molecule has 1 aromatic carbocycles. The first kappa shape index (κ1) is 28.9. The van der Waals surface area contributed by atoms with Gasteiger partial charge in [0.2, 0.25) is 21.8 Å². The van der Waals surface area contributed by atoms with Crippen LogP contribution in [0.1, 0.15) is 26.2 Å². The van der Waals surface area contributed by atoms with Crippen molar-refractivity contribution < 1.29 is 22.7 Å². The number of carbonyl (C=O) groups excluding carboxylic acids is 2. The van der Waals surface area contributed by atoms with E-state index in [1.54, 1.807) is 6.92 Å². The number of halogens is 2. The molecule has 1 aromatic rings. The highest BCUT2D eigenvalue weighted by Crippen LogP contribution is 2.37. The number of carbonyl (C=O) groups is 2. The first-order chi connectivity index (χ1) is 17.1. The van der Waals surface area contributed by atoms with Crippen LogP contribution in [-0.4, -0.2) is 87.9 Å². The van der Waals surface area contributed by atoms with Crippen molar-refractivity contribution in [1.29, 1.82) is 0 Å². The molecule has 0 bridgehead atoms. The molecule has 0 spiro atoms. The van der Waals surface area contributed by atoms with E-state index >= 15 is 0 Å². The van der Waals surface area contributed by atoms with Crippen molar-refractivity contribution in [2.24, 2.45) is 11.7 Å². The molecule has 201 valence electrons. The molecule has 0 aromatic heterocycles. The molecule has 3 rings (SSSR count). The summed E-state index contributed by atoms with van der Waals surface area (Å²) in [6, 6.07) is 2.80. The SMILES string of the molecule is C[C@@H](C[CH]C(=O)NCCN1CCN(S(=O)(=O)c2cc(Cl)c(OC3CCNCC3)c(Cl)c2)CC1)C(N)=O. The highest BCUT2D eigenvalue weighted by Gasteiger charge is 2.30. The molecule has 2 fully saturated rings.